The Morgan fingerprint density at radius 3 is 0.823 bits per heavy atom. The number of hydrogen-bond donors (Lipinski definition) is 0. The molecule has 0 aliphatic carbocycles. The van der Waals surface area contributed by atoms with E-state index in [9.17, 15) is 14.4 Å². The maximum absolute atomic E-state index is 12.9. The van der Waals surface area contributed by atoms with E-state index in [-0.39, 0.29) is 44.0 Å². The normalized spacial score (nSPS) is 13.1. The molecule has 0 heterocycles. The molecule has 0 fully saturated rings. The van der Waals surface area contributed by atoms with Crippen molar-refractivity contribution in [3.05, 3.63) is 146 Å². The predicted molar refractivity (Wildman–Crippen MR) is 343 cm³/mol. The van der Waals surface area contributed by atoms with E-state index >= 15 is 0 Å². The summed E-state index contributed by atoms with van der Waals surface area (Å²) in [6, 6.07) is 0. The van der Waals surface area contributed by atoms with Gasteiger partial charge in [0.2, 0.25) is 0 Å². The van der Waals surface area contributed by atoms with Crippen molar-refractivity contribution in [2.75, 3.05) is 13.2 Å². The highest BCUT2D eigenvalue weighted by Crippen LogP contribution is 2.15. The molecule has 79 heavy (non-hydrogen) atoms. The van der Waals surface area contributed by atoms with E-state index in [4.69, 9.17) is 14.2 Å². The third-order valence-electron chi connectivity index (χ3n) is 13.3. The maximum atomic E-state index is 12.9. The van der Waals surface area contributed by atoms with E-state index in [2.05, 4.69) is 167 Å². The molecule has 0 N–H and O–H groups in total. The van der Waals surface area contributed by atoms with Gasteiger partial charge < -0.3 is 14.2 Å². The fourth-order valence-corrected chi connectivity index (χ4v) is 8.54. The standard InChI is InChI=1S/C73H118O6/c1-4-7-10-13-16-19-22-25-28-31-33-35-36-38-39-42-45-48-51-54-57-60-63-66-72(75)78-69-70(68-77-71(74)65-62-59-56-53-50-47-44-41-30-27-24-21-18-15-12-9-6-3)79-73(76)67-64-61-58-55-52-49-46-43-40-37-34-32-29-26-23-20-17-14-11-8-5-2/h8-9,11-12,17-18,20-22,25-27,29-31,33-34,37,43-44,46-47,53,56,70H,4-7,10,13-16,19,23-24,28,32,35-36,38-42,45,48-52,54-55,57-69H2,1-3H3/b11-8-,12-9-,20-17-,21-18-,25-22-,29-26-,30-27-,33-31-,37-34-,46-43-,47-44-,56-53-. The molecule has 0 radical (unpaired) electrons. The number of allylic oxidation sites excluding steroid dienone is 24. The highest BCUT2D eigenvalue weighted by molar-refractivity contribution is 5.71. The lowest BCUT2D eigenvalue weighted by Gasteiger charge is -2.18. The Labute approximate surface area is 487 Å². The van der Waals surface area contributed by atoms with Gasteiger partial charge in [-0.05, 0) is 135 Å². The minimum atomic E-state index is -0.821. The van der Waals surface area contributed by atoms with Crippen LogP contribution >= 0.6 is 0 Å². The molecule has 0 aromatic rings. The Balaban J connectivity index is 4.50. The first-order valence-electron chi connectivity index (χ1n) is 32.3. The average molecular weight is 1090 g/mol. The first-order chi connectivity index (χ1) is 39.0. The molecule has 0 aromatic heterocycles. The minimum absolute atomic E-state index is 0.110. The summed E-state index contributed by atoms with van der Waals surface area (Å²) in [5.41, 5.74) is 0. The van der Waals surface area contributed by atoms with E-state index < -0.39 is 6.10 Å². The molecule has 0 aromatic carbocycles. The SMILES string of the molecule is CC/C=C\C/C=C\C/C=C\C/C=C\C/C=C\CCCCCCCC(=O)OC(COC(=O)CCC/C=C\C/C=C\C/C=C\C/C=C\C/C=C\CC)COC(=O)CCCCCCCCCCCCC/C=C\C/C=C\CCCCCCC. The minimum Gasteiger partial charge on any atom is -0.462 e. The Morgan fingerprint density at radius 2 is 0.506 bits per heavy atom. The van der Waals surface area contributed by atoms with Gasteiger partial charge in [-0.3, -0.25) is 14.4 Å². The van der Waals surface area contributed by atoms with Crippen LogP contribution in [0.25, 0.3) is 0 Å². The topological polar surface area (TPSA) is 78.9 Å². The molecule has 0 saturated heterocycles. The Kier molecular flexibility index (Phi) is 61.9. The zero-order valence-electron chi connectivity index (χ0n) is 51.1. The van der Waals surface area contributed by atoms with Crippen molar-refractivity contribution in [2.24, 2.45) is 0 Å². The number of carbonyl (C=O) groups excluding carboxylic acids is 3. The van der Waals surface area contributed by atoms with E-state index in [1.807, 2.05) is 0 Å². The summed E-state index contributed by atoms with van der Waals surface area (Å²) in [6.45, 7) is 6.34. The van der Waals surface area contributed by atoms with Crippen LogP contribution in [0.2, 0.25) is 0 Å². The first-order valence-corrected chi connectivity index (χ1v) is 32.3. The molecule has 0 bridgehead atoms. The second kappa shape index (κ2) is 65.8. The summed E-state index contributed by atoms with van der Waals surface area (Å²) < 4.78 is 16.9. The largest absolute Gasteiger partial charge is 0.462 e. The molecule has 0 rings (SSSR count). The van der Waals surface area contributed by atoms with Crippen molar-refractivity contribution in [2.45, 2.75) is 284 Å². The summed E-state index contributed by atoms with van der Waals surface area (Å²) in [5, 5.41) is 0. The zero-order valence-corrected chi connectivity index (χ0v) is 51.1. The fraction of sp³-hybridized carbons (Fsp3) is 0.630. The summed E-state index contributed by atoms with van der Waals surface area (Å²) in [4.78, 5) is 38.4. The molecule has 6 heteroatoms. The van der Waals surface area contributed by atoms with Crippen LogP contribution in [0.4, 0.5) is 0 Å². The van der Waals surface area contributed by atoms with Crippen LogP contribution in [0.15, 0.2) is 146 Å². The van der Waals surface area contributed by atoms with Crippen molar-refractivity contribution < 1.29 is 28.6 Å². The smallest absolute Gasteiger partial charge is 0.306 e. The Bertz CT molecular complexity index is 1730. The van der Waals surface area contributed by atoms with Gasteiger partial charge >= 0.3 is 17.9 Å². The van der Waals surface area contributed by atoms with Crippen LogP contribution in [-0.4, -0.2) is 37.2 Å². The van der Waals surface area contributed by atoms with Gasteiger partial charge in [0.25, 0.3) is 0 Å². The van der Waals surface area contributed by atoms with Crippen LogP contribution in [0, 0.1) is 0 Å². The van der Waals surface area contributed by atoms with E-state index in [0.717, 1.165) is 135 Å². The van der Waals surface area contributed by atoms with Crippen LogP contribution in [-0.2, 0) is 28.6 Å². The molecule has 0 aliphatic rings. The van der Waals surface area contributed by atoms with E-state index in [1.165, 1.54) is 96.3 Å². The molecule has 1 atom stereocenters. The van der Waals surface area contributed by atoms with Crippen LogP contribution in [0.3, 0.4) is 0 Å². The van der Waals surface area contributed by atoms with Crippen LogP contribution < -0.4 is 0 Å². The summed E-state index contributed by atoms with van der Waals surface area (Å²) in [5.74, 6) is -0.991. The summed E-state index contributed by atoms with van der Waals surface area (Å²) in [6.07, 6.45) is 94.3. The average Bonchev–Trinajstić information content (AvgIpc) is 3.45. The molecular weight excluding hydrogens is 973 g/mol. The first kappa shape index (κ1) is 74.3. The quantitative estimate of drug-likeness (QED) is 0.0261. The fourth-order valence-electron chi connectivity index (χ4n) is 8.54. The Hall–Kier alpha value is -4.71. The van der Waals surface area contributed by atoms with Gasteiger partial charge in [-0.15, -0.1) is 0 Å². The van der Waals surface area contributed by atoms with Gasteiger partial charge in [0.05, 0.1) is 0 Å². The summed E-state index contributed by atoms with van der Waals surface area (Å²) in [7, 11) is 0. The number of rotatable bonds is 57. The maximum Gasteiger partial charge on any atom is 0.306 e. The van der Waals surface area contributed by atoms with Crippen molar-refractivity contribution in [1.82, 2.24) is 0 Å². The van der Waals surface area contributed by atoms with Crippen LogP contribution in [0.5, 0.6) is 0 Å². The van der Waals surface area contributed by atoms with Gasteiger partial charge in [-0.2, -0.15) is 0 Å². The molecule has 0 aliphatic heterocycles. The van der Waals surface area contributed by atoms with Gasteiger partial charge in [-0.25, -0.2) is 0 Å². The molecule has 0 saturated carbocycles. The van der Waals surface area contributed by atoms with Gasteiger partial charge in [-0.1, -0.05) is 269 Å². The van der Waals surface area contributed by atoms with E-state index in [1.54, 1.807) is 0 Å². The van der Waals surface area contributed by atoms with Crippen molar-refractivity contribution in [3.63, 3.8) is 0 Å². The highest BCUT2D eigenvalue weighted by atomic mass is 16.6. The molecule has 0 spiro atoms. The predicted octanol–water partition coefficient (Wildman–Crippen LogP) is 22.3. The number of esters is 3. The monoisotopic (exact) mass is 1090 g/mol. The highest BCUT2D eigenvalue weighted by Gasteiger charge is 2.19. The van der Waals surface area contributed by atoms with Crippen molar-refractivity contribution >= 4 is 17.9 Å². The van der Waals surface area contributed by atoms with Gasteiger partial charge in [0, 0.05) is 19.3 Å². The third-order valence-corrected chi connectivity index (χ3v) is 13.3. The summed E-state index contributed by atoms with van der Waals surface area (Å²) >= 11 is 0. The lowest BCUT2D eigenvalue weighted by molar-refractivity contribution is -0.167. The van der Waals surface area contributed by atoms with Crippen molar-refractivity contribution in [1.29, 1.82) is 0 Å². The lowest BCUT2D eigenvalue weighted by Crippen LogP contribution is -2.30. The van der Waals surface area contributed by atoms with E-state index in [0.29, 0.717) is 12.8 Å². The Morgan fingerprint density at radius 1 is 0.266 bits per heavy atom. The van der Waals surface area contributed by atoms with Crippen LogP contribution in [0.1, 0.15) is 278 Å². The van der Waals surface area contributed by atoms with Crippen molar-refractivity contribution in [3.8, 4) is 0 Å². The number of unbranched alkanes of at least 4 members (excludes halogenated alkanes) is 22. The van der Waals surface area contributed by atoms with Gasteiger partial charge in [0.15, 0.2) is 6.10 Å². The number of ether oxygens (including phenoxy) is 3. The lowest BCUT2D eigenvalue weighted by atomic mass is 10.0. The molecule has 6 nitrogen and oxygen atoms in total. The molecular formula is C73H118O6. The molecule has 0 amide bonds. The second-order valence-corrected chi connectivity index (χ2v) is 20.9. The third kappa shape index (κ3) is 64.0. The molecule has 446 valence electrons. The second-order valence-electron chi connectivity index (χ2n) is 20.9. The molecule has 1 unspecified atom stereocenters. The van der Waals surface area contributed by atoms with Gasteiger partial charge in [0.1, 0.15) is 13.2 Å². The number of hydrogen-bond acceptors (Lipinski definition) is 6. The number of carbonyl (C=O) groups is 3. The zero-order chi connectivity index (χ0) is 57.1.